The Kier molecular flexibility index (Phi) is 3.28. The minimum absolute atomic E-state index is 0.450. The number of fused-ring (bicyclic) bond motifs is 1. The third kappa shape index (κ3) is 2.38. The number of aryl methyl sites for hydroxylation is 1. The monoisotopic (exact) mass is 303 g/mol. The van der Waals surface area contributed by atoms with Crippen molar-refractivity contribution in [2.45, 2.75) is 25.3 Å². The van der Waals surface area contributed by atoms with Crippen LogP contribution >= 0.6 is 15.9 Å². The molecule has 0 saturated carbocycles. The highest BCUT2D eigenvalue weighted by atomic mass is 79.9. The van der Waals surface area contributed by atoms with Crippen LogP contribution in [0.1, 0.15) is 17.5 Å². The van der Waals surface area contributed by atoms with E-state index < -0.39 is 0 Å². The lowest BCUT2D eigenvalue weighted by Gasteiger charge is -2.26. The molecule has 4 heteroatoms. The zero-order valence-electron chi connectivity index (χ0n) is 9.94. The molecule has 3 rings (SSSR count). The van der Waals surface area contributed by atoms with E-state index in [1.165, 1.54) is 11.1 Å². The molecule has 1 N–H and O–H groups in total. The molecule has 0 fully saturated rings. The second-order valence-corrected chi connectivity index (χ2v) is 5.43. The molecule has 2 aromatic rings. The van der Waals surface area contributed by atoms with Crippen LogP contribution in [0.5, 0.6) is 0 Å². The first kappa shape index (κ1) is 11.7. The summed E-state index contributed by atoms with van der Waals surface area (Å²) in [7, 11) is 0. The maximum absolute atomic E-state index is 4.26. The molecule has 1 atom stereocenters. The molecule has 0 saturated heterocycles. The van der Waals surface area contributed by atoms with Crippen molar-refractivity contribution in [3.8, 4) is 0 Å². The van der Waals surface area contributed by atoms with Crippen molar-refractivity contribution in [1.29, 1.82) is 0 Å². The van der Waals surface area contributed by atoms with E-state index in [0.29, 0.717) is 6.04 Å². The largest absolute Gasteiger partial charge is 0.366 e. The highest BCUT2D eigenvalue weighted by Crippen LogP contribution is 2.25. The minimum Gasteiger partial charge on any atom is -0.366 e. The average Bonchev–Trinajstić information content (AvgIpc) is 2.41. The molecule has 0 amide bonds. The predicted molar refractivity (Wildman–Crippen MR) is 75.6 cm³/mol. The van der Waals surface area contributed by atoms with E-state index in [1.807, 2.05) is 0 Å². The van der Waals surface area contributed by atoms with Crippen molar-refractivity contribution in [1.82, 2.24) is 9.97 Å². The quantitative estimate of drug-likeness (QED) is 0.926. The number of nitrogens with zero attached hydrogens (tertiary/aromatic N) is 2. The van der Waals surface area contributed by atoms with Crippen LogP contribution in [-0.4, -0.2) is 16.0 Å². The molecule has 1 unspecified atom stereocenters. The molecule has 0 bridgehead atoms. The maximum atomic E-state index is 4.26. The van der Waals surface area contributed by atoms with E-state index in [0.717, 1.165) is 29.6 Å². The fourth-order valence-corrected chi connectivity index (χ4v) is 2.77. The number of anilines is 1. The number of hydrogen-bond acceptors (Lipinski definition) is 3. The molecule has 0 aliphatic heterocycles. The molecular formula is C14H14BrN3. The summed E-state index contributed by atoms with van der Waals surface area (Å²) < 4.78 is 0.920. The van der Waals surface area contributed by atoms with Gasteiger partial charge in [0.05, 0.1) is 4.47 Å². The lowest BCUT2D eigenvalue weighted by molar-refractivity contribution is 0.608. The van der Waals surface area contributed by atoms with E-state index in [4.69, 9.17) is 0 Å². The number of nitrogens with one attached hydrogen (secondary N) is 1. The van der Waals surface area contributed by atoms with Gasteiger partial charge < -0.3 is 5.32 Å². The third-order valence-corrected chi connectivity index (χ3v) is 3.94. The number of benzene rings is 1. The molecular weight excluding hydrogens is 290 g/mol. The zero-order valence-corrected chi connectivity index (χ0v) is 11.5. The topological polar surface area (TPSA) is 37.8 Å². The summed E-state index contributed by atoms with van der Waals surface area (Å²) in [6.45, 7) is 0. The van der Waals surface area contributed by atoms with Crippen LogP contribution in [0.2, 0.25) is 0 Å². The Morgan fingerprint density at radius 3 is 2.89 bits per heavy atom. The van der Waals surface area contributed by atoms with Crippen LogP contribution in [0.3, 0.4) is 0 Å². The van der Waals surface area contributed by atoms with E-state index in [9.17, 15) is 0 Å². The van der Waals surface area contributed by atoms with Crippen LogP contribution in [0.25, 0.3) is 0 Å². The normalized spacial score (nSPS) is 18.2. The van der Waals surface area contributed by atoms with Crippen molar-refractivity contribution in [3.63, 3.8) is 0 Å². The summed E-state index contributed by atoms with van der Waals surface area (Å²) in [6.07, 6.45) is 6.69. The van der Waals surface area contributed by atoms with Crippen molar-refractivity contribution in [3.05, 3.63) is 52.4 Å². The van der Waals surface area contributed by atoms with Crippen LogP contribution in [-0.2, 0) is 12.8 Å². The summed E-state index contributed by atoms with van der Waals surface area (Å²) >= 11 is 3.47. The summed E-state index contributed by atoms with van der Waals surface area (Å²) in [5, 5.41) is 3.49. The third-order valence-electron chi connectivity index (χ3n) is 3.36. The Morgan fingerprint density at radius 1 is 1.22 bits per heavy atom. The van der Waals surface area contributed by atoms with Crippen molar-refractivity contribution in [2.24, 2.45) is 0 Å². The van der Waals surface area contributed by atoms with Crippen LogP contribution < -0.4 is 5.32 Å². The number of aromatic nitrogens is 2. The number of halogens is 1. The Balaban J connectivity index is 1.75. The number of hydrogen-bond donors (Lipinski definition) is 1. The lowest BCUT2D eigenvalue weighted by atomic mass is 9.88. The first-order chi connectivity index (χ1) is 8.83. The Bertz CT molecular complexity index is 556. The van der Waals surface area contributed by atoms with Gasteiger partial charge in [-0.15, -0.1) is 0 Å². The SMILES string of the molecule is Brc1cncnc1NC1CCc2ccccc2C1. The first-order valence-electron chi connectivity index (χ1n) is 6.12. The Morgan fingerprint density at radius 2 is 2.06 bits per heavy atom. The molecule has 0 spiro atoms. The molecule has 0 radical (unpaired) electrons. The van der Waals surface area contributed by atoms with Crippen molar-refractivity contribution < 1.29 is 0 Å². The second kappa shape index (κ2) is 5.06. The van der Waals surface area contributed by atoms with Crippen LogP contribution in [0.15, 0.2) is 41.3 Å². The molecule has 1 aliphatic carbocycles. The van der Waals surface area contributed by atoms with Gasteiger partial charge in [0.2, 0.25) is 0 Å². The fourth-order valence-electron chi connectivity index (χ4n) is 2.43. The van der Waals surface area contributed by atoms with Gasteiger partial charge in [0, 0.05) is 12.2 Å². The van der Waals surface area contributed by atoms with Gasteiger partial charge in [-0.05, 0) is 46.3 Å². The van der Waals surface area contributed by atoms with Crippen molar-refractivity contribution >= 4 is 21.7 Å². The van der Waals surface area contributed by atoms with E-state index in [2.05, 4.69) is 55.5 Å². The van der Waals surface area contributed by atoms with Gasteiger partial charge in [-0.25, -0.2) is 9.97 Å². The van der Waals surface area contributed by atoms with Gasteiger partial charge in [-0.2, -0.15) is 0 Å². The van der Waals surface area contributed by atoms with Gasteiger partial charge in [0.1, 0.15) is 12.1 Å². The van der Waals surface area contributed by atoms with Gasteiger partial charge in [0.15, 0.2) is 0 Å². The van der Waals surface area contributed by atoms with Gasteiger partial charge in [-0.1, -0.05) is 24.3 Å². The molecule has 18 heavy (non-hydrogen) atoms. The van der Waals surface area contributed by atoms with E-state index >= 15 is 0 Å². The molecule has 3 nitrogen and oxygen atoms in total. The Hall–Kier alpha value is -1.42. The predicted octanol–water partition coefficient (Wildman–Crippen LogP) is 3.21. The lowest BCUT2D eigenvalue weighted by Crippen LogP contribution is -2.27. The smallest absolute Gasteiger partial charge is 0.143 e. The standard InChI is InChI=1S/C14H14BrN3/c15-13-8-16-9-17-14(13)18-12-6-5-10-3-1-2-4-11(10)7-12/h1-4,8-9,12H,5-7H2,(H,16,17,18). The fraction of sp³-hybridized carbons (Fsp3) is 0.286. The van der Waals surface area contributed by atoms with Crippen LogP contribution in [0.4, 0.5) is 5.82 Å². The summed E-state index contributed by atoms with van der Waals surface area (Å²) in [5.74, 6) is 0.884. The van der Waals surface area contributed by atoms with E-state index in [-0.39, 0.29) is 0 Å². The summed E-state index contributed by atoms with van der Waals surface area (Å²) in [6, 6.07) is 9.13. The van der Waals surface area contributed by atoms with E-state index in [1.54, 1.807) is 12.5 Å². The summed E-state index contributed by atoms with van der Waals surface area (Å²) in [4.78, 5) is 8.24. The molecule has 1 aromatic carbocycles. The highest BCUT2D eigenvalue weighted by Gasteiger charge is 2.18. The Labute approximate surface area is 115 Å². The second-order valence-electron chi connectivity index (χ2n) is 4.57. The minimum atomic E-state index is 0.450. The highest BCUT2D eigenvalue weighted by molar-refractivity contribution is 9.10. The summed E-state index contributed by atoms with van der Waals surface area (Å²) in [5.41, 5.74) is 2.93. The van der Waals surface area contributed by atoms with Crippen molar-refractivity contribution in [2.75, 3.05) is 5.32 Å². The van der Waals surface area contributed by atoms with Gasteiger partial charge in [-0.3, -0.25) is 0 Å². The zero-order chi connectivity index (χ0) is 12.4. The number of rotatable bonds is 2. The van der Waals surface area contributed by atoms with Gasteiger partial charge >= 0.3 is 0 Å². The molecule has 92 valence electrons. The molecule has 1 heterocycles. The average molecular weight is 304 g/mol. The van der Waals surface area contributed by atoms with Gasteiger partial charge in [0.25, 0.3) is 0 Å². The first-order valence-corrected chi connectivity index (χ1v) is 6.91. The molecule has 1 aromatic heterocycles. The van der Waals surface area contributed by atoms with Crippen LogP contribution in [0, 0.1) is 0 Å². The maximum Gasteiger partial charge on any atom is 0.143 e. The molecule has 1 aliphatic rings.